The largest absolute Gasteiger partial charge is 0.380 e. The zero-order valence-electron chi connectivity index (χ0n) is 6.07. The van der Waals surface area contributed by atoms with Gasteiger partial charge in [-0.05, 0) is 17.7 Å². The SMILES string of the molecule is O=S(O)Oc1ccc(CCl)cc1. The van der Waals surface area contributed by atoms with Gasteiger partial charge in [0.1, 0.15) is 5.75 Å². The van der Waals surface area contributed by atoms with Crippen LogP contribution in [-0.2, 0) is 17.2 Å². The molecule has 1 aromatic carbocycles. The predicted molar refractivity (Wildman–Crippen MR) is 47.4 cm³/mol. The summed E-state index contributed by atoms with van der Waals surface area (Å²) >= 11 is 3.28. The maximum Gasteiger partial charge on any atom is 0.357 e. The van der Waals surface area contributed by atoms with Crippen molar-refractivity contribution in [3.63, 3.8) is 0 Å². The van der Waals surface area contributed by atoms with Crippen LogP contribution in [0.4, 0.5) is 0 Å². The fraction of sp³-hybridized carbons (Fsp3) is 0.143. The number of hydrogen-bond donors (Lipinski definition) is 1. The van der Waals surface area contributed by atoms with Crippen LogP contribution in [0.2, 0.25) is 0 Å². The molecule has 1 rings (SSSR count). The van der Waals surface area contributed by atoms with Gasteiger partial charge in [-0.25, -0.2) is 0 Å². The lowest BCUT2D eigenvalue weighted by Crippen LogP contribution is -1.96. The first-order valence-electron chi connectivity index (χ1n) is 3.16. The molecule has 1 unspecified atom stereocenters. The van der Waals surface area contributed by atoms with Crippen molar-refractivity contribution in [1.29, 1.82) is 0 Å². The van der Waals surface area contributed by atoms with E-state index in [9.17, 15) is 4.21 Å². The van der Waals surface area contributed by atoms with Crippen LogP contribution in [-0.4, -0.2) is 8.76 Å². The molecule has 0 fully saturated rings. The van der Waals surface area contributed by atoms with Gasteiger partial charge in [-0.3, -0.25) is 4.55 Å². The molecule has 3 nitrogen and oxygen atoms in total. The van der Waals surface area contributed by atoms with Crippen molar-refractivity contribution < 1.29 is 12.9 Å². The van der Waals surface area contributed by atoms with Gasteiger partial charge in [0.15, 0.2) is 0 Å². The third-order valence-corrected chi connectivity index (χ3v) is 1.89. The average Bonchev–Trinajstić information content (AvgIpc) is 2.05. The van der Waals surface area contributed by atoms with Crippen LogP contribution in [0.15, 0.2) is 24.3 Å². The maximum atomic E-state index is 10.2. The highest BCUT2D eigenvalue weighted by Gasteiger charge is 1.97. The predicted octanol–water partition coefficient (Wildman–Crippen LogP) is 1.94. The van der Waals surface area contributed by atoms with E-state index in [-0.39, 0.29) is 0 Å². The molecule has 0 heterocycles. The fourth-order valence-corrected chi connectivity index (χ4v) is 1.17. The molecule has 0 aliphatic carbocycles. The van der Waals surface area contributed by atoms with E-state index < -0.39 is 11.4 Å². The second kappa shape index (κ2) is 4.45. The van der Waals surface area contributed by atoms with E-state index in [2.05, 4.69) is 4.18 Å². The quantitative estimate of drug-likeness (QED) is 0.607. The third-order valence-electron chi connectivity index (χ3n) is 1.25. The van der Waals surface area contributed by atoms with E-state index in [1.54, 1.807) is 24.3 Å². The molecule has 1 N–H and O–H groups in total. The summed E-state index contributed by atoms with van der Waals surface area (Å²) in [4.78, 5) is 0. The van der Waals surface area contributed by atoms with E-state index in [4.69, 9.17) is 16.2 Å². The van der Waals surface area contributed by atoms with Gasteiger partial charge in [-0.2, -0.15) is 4.21 Å². The van der Waals surface area contributed by atoms with Crippen LogP contribution < -0.4 is 4.18 Å². The molecular weight excluding hydrogens is 200 g/mol. The molecule has 0 spiro atoms. The highest BCUT2D eigenvalue weighted by Crippen LogP contribution is 2.13. The van der Waals surface area contributed by atoms with E-state index in [1.165, 1.54) is 0 Å². The van der Waals surface area contributed by atoms with Crippen LogP contribution in [0, 0.1) is 0 Å². The second-order valence-corrected chi connectivity index (χ2v) is 2.95. The van der Waals surface area contributed by atoms with E-state index >= 15 is 0 Å². The Balaban J connectivity index is 2.71. The molecule has 0 aliphatic rings. The minimum atomic E-state index is -2.26. The fourth-order valence-electron chi connectivity index (χ4n) is 0.716. The summed E-state index contributed by atoms with van der Waals surface area (Å²) < 4.78 is 23.0. The molecule has 0 radical (unpaired) electrons. The molecule has 12 heavy (non-hydrogen) atoms. The van der Waals surface area contributed by atoms with Crippen LogP contribution >= 0.6 is 11.6 Å². The zero-order chi connectivity index (χ0) is 8.97. The Labute approximate surface area is 77.8 Å². The topological polar surface area (TPSA) is 46.5 Å². The summed E-state index contributed by atoms with van der Waals surface area (Å²) in [7, 11) is 0. The summed E-state index contributed by atoms with van der Waals surface area (Å²) in [5.41, 5.74) is 0.938. The number of halogens is 1. The summed E-state index contributed by atoms with van der Waals surface area (Å²) in [5, 5.41) is 0. The van der Waals surface area contributed by atoms with Gasteiger partial charge in [0.2, 0.25) is 0 Å². The number of rotatable bonds is 3. The third kappa shape index (κ3) is 2.81. The van der Waals surface area contributed by atoms with Crippen LogP contribution in [0.1, 0.15) is 5.56 Å². The Morgan fingerprint density at radius 2 is 2.00 bits per heavy atom. The lowest BCUT2D eigenvalue weighted by atomic mass is 10.2. The molecule has 66 valence electrons. The molecule has 0 saturated heterocycles. The molecule has 1 aromatic rings. The van der Waals surface area contributed by atoms with Crippen LogP contribution in [0.25, 0.3) is 0 Å². The normalized spacial score (nSPS) is 12.5. The Morgan fingerprint density at radius 1 is 1.42 bits per heavy atom. The number of alkyl halides is 1. The van der Waals surface area contributed by atoms with Crippen molar-refractivity contribution in [2.45, 2.75) is 5.88 Å². The van der Waals surface area contributed by atoms with Crippen LogP contribution in [0.5, 0.6) is 5.75 Å². The smallest absolute Gasteiger partial charge is 0.357 e. The highest BCUT2D eigenvalue weighted by molar-refractivity contribution is 7.74. The Morgan fingerprint density at radius 3 is 2.42 bits per heavy atom. The van der Waals surface area contributed by atoms with Gasteiger partial charge in [0.25, 0.3) is 0 Å². The lowest BCUT2D eigenvalue weighted by molar-refractivity contribution is 0.458. The molecule has 0 aromatic heterocycles. The monoisotopic (exact) mass is 206 g/mol. The van der Waals surface area contributed by atoms with Gasteiger partial charge >= 0.3 is 11.4 Å². The average molecular weight is 207 g/mol. The van der Waals surface area contributed by atoms with Crippen molar-refractivity contribution in [2.75, 3.05) is 0 Å². The minimum Gasteiger partial charge on any atom is -0.380 e. The Bertz CT molecular complexity index is 272. The minimum absolute atomic E-state index is 0.352. The van der Waals surface area contributed by atoms with Gasteiger partial charge in [0.05, 0.1) is 0 Å². The number of benzene rings is 1. The zero-order valence-corrected chi connectivity index (χ0v) is 7.64. The van der Waals surface area contributed by atoms with E-state index in [0.29, 0.717) is 11.6 Å². The van der Waals surface area contributed by atoms with Crippen molar-refractivity contribution in [3.8, 4) is 5.75 Å². The summed E-state index contributed by atoms with van der Waals surface area (Å²) in [6.07, 6.45) is 0. The van der Waals surface area contributed by atoms with Crippen molar-refractivity contribution >= 4 is 23.0 Å². The lowest BCUT2D eigenvalue weighted by Gasteiger charge is -1.99. The van der Waals surface area contributed by atoms with Crippen molar-refractivity contribution in [1.82, 2.24) is 0 Å². The molecule has 0 amide bonds. The van der Waals surface area contributed by atoms with Gasteiger partial charge in [0, 0.05) is 5.88 Å². The molecular formula is C7H7ClO3S. The first-order chi connectivity index (χ1) is 5.72. The Hall–Kier alpha value is -0.580. The second-order valence-electron chi connectivity index (χ2n) is 2.08. The summed E-state index contributed by atoms with van der Waals surface area (Å²) in [6, 6.07) is 6.64. The van der Waals surface area contributed by atoms with E-state index in [1.807, 2.05) is 0 Å². The molecule has 0 saturated carbocycles. The first-order valence-corrected chi connectivity index (χ1v) is 4.73. The van der Waals surface area contributed by atoms with Gasteiger partial charge < -0.3 is 4.18 Å². The molecule has 0 bridgehead atoms. The highest BCUT2D eigenvalue weighted by atomic mass is 35.5. The number of hydrogen-bond acceptors (Lipinski definition) is 2. The van der Waals surface area contributed by atoms with Gasteiger partial charge in [-0.15, -0.1) is 11.6 Å². The summed E-state index contributed by atoms with van der Waals surface area (Å²) in [5.74, 6) is 0.771. The van der Waals surface area contributed by atoms with Crippen LogP contribution in [0.3, 0.4) is 0 Å². The molecule has 1 atom stereocenters. The first kappa shape index (κ1) is 9.51. The van der Waals surface area contributed by atoms with Crippen molar-refractivity contribution in [3.05, 3.63) is 29.8 Å². The molecule has 0 aliphatic heterocycles. The molecule has 5 heteroatoms. The van der Waals surface area contributed by atoms with Gasteiger partial charge in [-0.1, -0.05) is 12.1 Å². The summed E-state index contributed by atoms with van der Waals surface area (Å²) in [6.45, 7) is 0. The van der Waals surface area contributed by atoms with E-state index in [0.717, 1.165) is 5.56 Å². The maximum absolute atomic E-state index is 10.2. The standard InChI is InChI=1S/C7H7ClO3S/c8-5-6-1-3-7(4-2-6)11-12(9)10/h1-4H,5H2,(H,9,10). The van der Waals surface area contributed by atoms with Crippen molar-refractivity contribution in [2.24, 2.45) is 0 Å². The Kier molecular flexibility index (Phi) is 3.52.